The van der Waals surface area contributed by atoms with Crippen LogP contribution in [0.5, 0.6) is 0 Å². The van der Waals surface area contributed by atoms with Crippen LogP contribution in [0.15, 0.2) is 212 Å². The lowest BCUT2D eigenvalue weighted by molar-refractivity contribution is 1.18. The Balaban J connectivity index is 1.16. The molecule has 10 aromatic rings. The molecule has 0 N–H and O–H groups in total. The van der Waals surface area contributed by atoms with E-state index in [9.17, 15) is 0 Å². The van der Waals surface area contributed by atoms with E-state index < -0.39 is 0 Å². The van der Waals surface area contributed by atoms with Crippen LogP contribution in [0, 0.1) is 0 Å². The molecule has 3 nitrogen and oxygen atoms in total. The standard InChI is InChI=1S/C53H35N3/c1-5-14-36(15-6-1)38-24-28-41(29-25-38)49-35-50(56-53(55-49)43-30-26-39(27-31-43)37-16-7-2-8-17-37)44-32-33-48-47(34-44)51-45(40-18-9-3-10-19-40)22-13-23-46(51)52(54-48)42-20-11-4-12-21-42/h1-35H. The SMILES string of the molecule is c1ccc(-c2ccc(-c3cc(-c4ccc5nc(-c6ccccc6)c6cccc(-c7ccccc7)c6c5c4)nc(-c4ccc(-c5ccccc5)cc4)n3)cc2)cc1. The molecule has 8 aromatic carbocycles. The molecule has 0 atom stereocenters. The van der Waals surface area contributed by atoms with E-state index in [0.717, 1.165) is 61.2 Å². The summed E-state index contributed by atoms with van der Waals surface area (Å²) in [6.45, 7) is 0. The molecule has 0 spiro atoms. The van der Waals surface area contributed by atoms with Crippen molar-refractivity contribution < 1.29 is 0 Å². The molecule has 0 bridgehead atoms. The van der Waals surface area contributed by atoms with Gasteiger partial charge in [0.2, 0.25) is 0 Å². The second-order valence-corrected chi connectivity index (χ2v) is 14.0. The fourth-order valence-corrected chi connectivity index (χ4v) is 7.67. The van der Waals surface area contributed by atoms with Crippen molar-refractivity contribution in [1.82, 2.24) is 15.0 Å². The van der Waals surface area contributed by atoms with Crippen molar-refractivity contribution in [3.8, 4) is 78.5 Å². The topological polar surface area (TPSA) is 38.7 Å². The molecule has 2 aromatic heterocycles. The minimum atomic E-state index is 0.678. The smallest absolute Gasteiger partial charge is 0.160 e. The highest BCUT2D eigenvalue weighted by molar-refractivity contribution is 6.17. The van der Waals surface area contributed by atoms with E-state index in [0.29, 0.717) is 5.82 Å². The monoisotopic (exact) mass is 713 g/mol. The first-order chi connectivity index (χ1) is 27.7. The van der Waals surface area contributed by atoms with Crippen molar-refractivity contribution in [2.24, 2.45) is 0 Å². The number of hydrogen-bond donors (Lipinski definition) is 0. The molecule has 2 heterocycles. The van der Waals surface area contributed by atoms with Crippen LogP contribution < -0.4 is 0 Å². The highest BCUT2D eigenvalue weighted by atomic mass is 14.9. The largest absolute Gasteiger partial charge is 0.247 e. The van der Waals surface area contributed by atoms with Crippen LogP contribution in [0.2, 0.25) is 0 Å². The molecular formula is C53H35N3. The molecule has 0 aliphatic carbocycles. The van der Waals surface area contributed by atoms with Crippen molar-refractivity contribution >= 4 is 21.7 Å². The average molecular weight is 714 g/mol. The summed E-state index contributed by atoms with van der Waals surface area (Å²) >= 11 is 0. The first-order valence-corrected chi connectivity index (χ1v) is 18.9. The maximum atomic E-state index is 5.31. The average Bonchev–Trinajstić information content (AvgIpc) is 3.29. The normalized spacial score (nSPS) is 11.2. The summed E-state index contributed by atoms with van der Waals surface area (Å²) in [7, 11) is 0. The molecule has 262 valence electrons. The first-order valence-electron chi connectivity index (χ1n) is 18.9. The van der Waals surface area contributed by atoms with E-state index in [1.165, 1.54) is 33.2 Å². The summed E-state index contributed by atoms with van der Waals surface area (Å²) in [5.41, 5.74) is 14.7. The van der Waals surface area contributed by atoms with Gasteiger partial charge in [0, 0.05) is 38.4 Å². The van der Waals surface area contributed by atoms with Gasteiger partial charge >= 0.3 is 0 Å². The number of fused-ring (bicyclic) bond motifs is 3. The van der Waals surface area contributed by atoms with Gasteiger partial charge in [-0.25, -0.2) is 15.0 Å². The van der Waals surface area contributed by atoms with Gasteiger partial charge in [0.15, 0.2) is 5.82 Å². The molecule has 0 radical (unpaired) electrons. The fourth-order valence-electron chi connectivity index (χ4n) is 7.67. The van der Waals surface area contributed by atoms with Crippen LogP contribution in [0.25, 0.3) is 100 Å². The lowest BCUT2D eigenvalue weighted by Crippen LogP contribution is -1.97. The first kappa shape index (κ1) is 33.1. The lowest BCUT2D eigenvalue weighted by atomic mass is 9.92. The summed E-state index contributed by atoms with van der Waals surface area (Å²) in [5.74, 6) is 0.678. The van der Waals surface area contributed by atoms with E-state index in [1.807, 2.05) is 18.2 Å². The molecule has 0 fully saturated rings. The zero-order valence-corrected chi connectivity index (χ0v) is 30.5. The Kier molecular flexibility index (Phi) is 8.51. The highest BCUT2D eigenvalue weighted by Gasteiger charge is 2.17. The van der Waals surface area contributed by atoms with E-state index >= 15 is 0 Å². The number of benzene rings is 8. The van der Waals surface area contributed by atoms with Crippen molar-refractivity contribution in [3.63, 3.8) is 0 Å². The van der Waals surface area contributed by atoms with Gasteiger partial charge in [0.1, 0.15) is 0 Å². The lowest BCUT2D eigenvalue weighted by Gasteiger charge is -2.15. The Morgan fingerprint density at radius 2 is 0.732 bits per heavy atom. The summed E-state index contributed by atoms with van der Waals surface area (Å²) in [6.07, 6.45) is 0. The van der Waals surface area contributed by atoms with Gasteiger partial charge in [0.25, 0.3) is 0 Å². The van der Waals surface area contributed by atoms with Crippen LogP contribution in [-0.4, -0.2) is 15.0 Å². The van der Waals surface area contributed by atoms with Gasteiger partial charge < -0.3 is 0 Å². The van der Waals surface area contributed by atoms with Gasteiger partial charge in [-0.3, -0.25) is 0 Å². The molecule has 0 unspecified atom stereocenters. The van der Waals surface area contributed by atoms with Crippen molar-refractivity contribution in [2.45, 2.75) is 0 Å². The second-order valence-electron chi connectivity index (χ2n) is 14.0. The number of hydrogen-bond acceptors (Lipinski definition) is 3. The molecule has 0 saturated heterocycles. The maximum Gasteiger partial charge on any atom is 0.160 e. The molecule has 10 rings (SSSR count). The van der Waals surface area contributed by atoms with E-state index in [4.69, 9.17) is 15.0 Å². The van der Waals surface area contributed by atoms with Crippen LogP contribution in [0.3, 0.4) is 0 Å². The molecule has 0 amide bonds. The van der Waals surface area contributed by atoms with Crippen LogP contribution in [0.4, 0.5) is 0 Å². The molecule has 0 aliphatic rings. The molecule has 0 aliphatic heterocycles. The van der Waals surface area contributed by atoms with Gasteiger partial charge in [-0.05, 0) is 51.6 Å². The van der Waals surface area contributed by atoms with Crippen LogP contribution in [0.1, 0.15) is 0 Å². The molecular weight excluding hydrogens is 679 g/mol. The van der Waals surface area contributed by atoms with E-state index in [1.54, 1.807) is 0 Å². The zero-order chi connectivity index (χ0) is 37.3. The molecule has 56 heavy (non-hydrogen) atoms. The Bertz CT molecular complexity index is 2860. The maximum absolute atomic E-state index is 5.31. The number of aromatic nitrogens is 3. The Hall–Kier alpha value is -7.49. The summed E-state index contributed by atoms with van der Waals surface area (Å²) < 4.78 is 0. The highest BCUT2D eigenvalue weighted by Crippen LogP contribution is 2.40. The summed E-state index contributed by atoms with van der Waals surface area (Å²) in [4.78, 5) is 15.8. The Morgan fingerprint density at radius 1 is 0.268 bits per heavy atom. The molecule has 0 saturated carbocycles. The van der Waals surface area contributed by atoms with Gasteiger partial charge in [-0.15, -0.1) is 0 Å². The van der Waals surface area contributed by atoms with Crippen LogP contribution in [-0.2, 0) is 0 Å². The minimum Gasteiger partial charge on any atom is -0.247 e. The molecule has 3 heteroatoms. The number of pyridine rings is 1. The second kappa shape index (κ2) is 14.4. The van der Waals surface area contributed by atoms with Crippen molar-refractivity contribution in [1.29, 1.82) is 0 Å². The Morgan fingerprint density at radius 3 is 1.32 bits per heavy atom. The van der Waals surface area contributed by atoms with Crippen LogP contribution >= 0.6 is 0 Å². The van der Waals surface area contributed by atoms with E-state index in [2.05, 4.69) is 194 Å². The number of nitrogens with zero attached hydrogens (tertiary/aromatic N) is 3. The quantitative estimate of drug-likeness (QED) is 0.154. The van der Waals surface area contributed by atoms with Gasteiger partial charge in [0.05, 0.1) is 22.6 Å². The third-order valence-corrected chi connectivity index (χ3v) is 10.5. The zero-order valence-electron chi connectivity index (χ0n) is 30.5. The third-order valence-electron chi connectivity index (χ3n) is 10.5. The summed E-state index contributed by atoms with van der Waals surface area (Å²) in [5, 5.41) is 3.37. The Labute approximate surface area is 326 Å². The van der Waals surface area contributed by atoms with Crippen molar-refractivity contribution in [3.05, 3.63) is 212 Å². The van der Waals surface area contributed by atoms with Gasteiger partial charge in [-0.2, -0.15) is 0 Å². The third kappa shape index (κ3) is 6.31. The predicted octanol–water partition coefficient (Wildman–Crippen LogP) is 13.8. The number of rotatable bonds is 7. The minimum absolute atomic E-state index is 0.678. The fraction of sp³-hybridized carbons (Fsp3) is 0. The van der Waals surface area contributed by atoms with Crippen molar-refractivity contribution in [2.75, 3.05) is 0 Å². The summed E-state index contributed by atoms with van der Waals surface area (Å²) in [6, 6.07) is 74.5. The van der Waals surface area contributed by atoms with E-state index in [-0.39, 0.29) is 0 Å². The van der Waals surface area contributed by atoms with Gasteiger partial charge in [-0.1, -0.05) is 194 Å². The predicted molar refractivity (Wildman–Crippen MR) is 233 cm³/mol.